The summed E-state index contributed by atoms with van der Waals surface area (Å²) in [4.78, 5) is 36.6. The molecule has 0 N–H and O–H groups in total. The second-order valence-electron chi connectivity index (χ2n) is 7.01. The Labute approximate surface area is 165 Å². The maximum atomic E-state index is 12.6. The van der Waals surface area contributed by atoms with Crippen molar-refractivity contribution in [2.45, 2.75) is 58.8 Å². The zero-order valence-electron chi connectivity index (χ0n) is 16.9. The van der Waals surface area contributed by atoms with Crippen molar-refractivity contribution < 1.29 is 28.6 Å². The van der Waals surface area contributed by atoms with Crippen molar-refractivity contribution in [1.82, 2.24) is 0 Å². The maximum absolute atomic E-state index is 12.6. The van der Waals surface area contributed by atoms with Crippen LogP contribution in [-0.2, 0) is 28.6 Å². The fourth-order valence-corrected chi connectivity index (χ4v) is 3.41. The van der Waals surface area contributed by atoms with Crippen LogP contribution >= 0.6 is 0 Å². The number of fused-ring (bicyclic) bond motifs is 1. The maximum Gasteiger partial charge on any atom is 0.334 e. The lowest BCUT2D eigenvalue weighted by Crippen LogP contribution is -2.44. The Morgan fingerprint density at radius 3 is 2.75 bits per heavy atom. The van der Waals surface area contributed by atoms with Gasteiger partial charge in [-0.15, -0.1) is 0 Å². The quantitative estimate of drug-likeness (QED) is 0.311. The van der Waals surface area contributed by atoms with Crippen molar-refractivity contribution in [2.24, 2.45) is 5.92 Å². The Kier molecular flexibility index (Phi) is 7.52. The molecule has 152 valence electrons. The predicted molar refractivity (Wildman–Crippen MR) is 104 cm³/mol. The SMILES string of the molecule is C=C1C(=O)O[C@@H]2/C=C(\C)CC/C=C(/C=O)C(OCC)[C@@H](OC(=O)/C(C)=C\C)[C@@H]12. The normalized spacial score (nSPS) is 32.4. The summed E-state index contributed by atoms with van der Waals surface area (Å²) in [6.45, 7) is 11.3. The van der Waals surface area contributed by atoms with Crippen molar-refractivity contribution in [3.05, 3.63) is 47.1 Å². The zero-order chi connectivity index (χ0) is 20.8. The molecule has 6 nitrogen and oxygen atoms in total. The lowest BCUT2D eigenvalue weighted by atomic mass is 9.83. The highest BCUT2D eigenvalue weighted by atomic mass is 16.6. The molecule has 0 aromatic heterocycles. The molecule has 28 heavy (non-hydrogen) atoms. The molecule has 1 unspecified atom stereocenters. The third-order valence-electron chi connectivity index (χ3n) is 5.09. The van der Waals surface area contributed by atoms with Crippen LogP contribution in [0.5, 0.6) is 0 Å². The van der Waals surface area contributed by atoms with Gasteiger partial charge in [0.25, 0.3) is 0 Å². The van der Waals surface area contributed by atoms with Crippen LogP contribution in [0.15, 0.2) is 47.1 Å². The highest BCUT2D eigenvalue weighted by molar-refractivity contribution is 5.92. The van der Waals surface area contributed by atoms with Crippen molar-refractivity contribution in [2.75, 3.05) is 6.61 Å². The predicted octanol–water partition coefficient (Wildman–Crippen LogP) is 3.23. The van der Waals surface area contributed by atoms with E-state index in [1.54, 1.807) is 32.9 Å². The molecular formula is C22H28O6. The molecule has 1 aliphatic heterocycles. The minimum absolute atomic E-state index is 0.209. The third-order valence-corrected chi connectivity index (χ3v) is 5.09. The van der Waals surface area contributed by atoms with E-state index < -0.39 is 36.2 Å². The van der Waals surface area contributed by atoms with Crippen molar-refractivity contribution in [1.29, 1.82) is 0 Å². The average Bonchev–Trinajstić information content (AvgIpc) is 2.94. The first-order valence-electron chi connectivity index (χ1n) is 9.51. The van der Waals surface area contributed by atoms with Gasteiger partial charge in [-0.25, -0.2) is 9.59 Å². The van der Waals surface area contributed by atoms with Crippen LogP contribution in [0.1, 0.15) is 40.5 Å². The van der Waals surface area contributed by atoms with E-state index in [0.29, 0.717) is 30.6 Å². The molecule has 0 bridgehead atoms. The van der Waals surface area contributed by atoms with E-state index in [0.717, 1.165) is 11.9 Å². The van der Waals surface area contributed by atoms with Gasteiger partial charge in [-0.05, 0) is 46.6 Å². The van der Waals surface area contributed by atoms with Crippen LogP contribution < -0.4 is 0 Å². The molecule has 0 spiro atoms. The zero-order valence-corrected chi connectivity index (χ0v) is 16.9. The van der Waals surface area contributed by atoms with Gasteiger partial charge in [-0.3, -0.25) is 4.79 Å². The Morgan fingerprint density at radius 2 is 2.14 bits per heavy atom. The number of esters is 2. The Balaban J connectivity index is 2.59. The van der Waals surface area contributed by atoms with Crippen LogP contribution in [0, 0.1) is 5.92 Å². The molecule has 1 fully saturated rings. The van der Waals surface area contributed by atoms with Gasteiger partial charge in [0.2, 0.25) is 0 Å². The summed E-state index contributed by atoms with van der Waals surface area (Å²) in [6, 6.07) is 0. The summed E-state index contributed by atoms with van der Waals surface area (Å²) in [5.74, 6) is -1.71. The van der Waals surface area contributed by atoms with Crippen molar-refractivity contribution >= 4 is 18.2 Å². The van der Waals surface area contributed by atoms with E-state index in [-0.39, 0.29) is 5.57 Å². The minimum atomic E-state index is -0.926. The second-order valence-corrected chi connectivity index (χ2v) is 7.01. The Hall–Kier alpha value is -2.47. The Bertz CT molecular complexity index is 742. The van der Waals surface area contributed by atoms with Crippen molar-refractivity contribution in [3.8, 4) is 0 Å². The molecule has 1 aliphatic carbocycles. The van der Waals surface area contributed by atoms with Gasteiger partial charge in [-0.2, -0.15) is 0 Å². The van der Waals surface area contributed by atoms with Crippen molar-refractivity contribution in [3.63, 3.8) is 0 Å². The first-order chi connectivity index (χ1) is 13.3. The van der Waals surface area contributed by atoms with Gasteiger partial charge in [0.05, 0.1) is 5.92 Å². The molecule has 0 aromatic carbocycles. The molecule has 0 aromatic rings. The first kappa shape index (κ1) is 21.8. The van der Waals surface area contributed by atoms with Crippen LogP contribution in [0.25, 0.3) is 0 Å². The molecule has 6 heteroatoms. The van der Waals surface area contributed by atoms with E-state index in [2.05, 4.69) is 6.58 Å². The molecule has 1 heterocycles. The minimum Gasteiger partial charge on any atom is -0.455 e. The first-order valence-corrected chi connectivity index (χ1v) is 9.51. The van der Waals surface area contributed by atoms with E-state index in [4.69, 9.17) is 14.2 Å². The molecule has 0 saturated carbocycles. The van der Waals surface area contributed by atoms with Crippen LogP contribution in [-0.4, -0.2) is 43.1 Å². The highest BCUT2D eigenvalue weighted by Crippen LogP contribution is 2.37. The molecule has 0 radical (unpaired) electrons. The van der Waals surface area contributed by atoms with Gasteiger partial charge in [0.15, 0.2) is 0 Å². The lowest BCUT2D eigenvalue weighted by Gasteiger charge is -2.33. The van der Waals surface area contributed by atoms with E-state index in [1.807, 2.05) is 13.0 Å². The van der Waals surface area contributed by atoms with Crippen LogP contribution in [0.3, 0.4) is 0 Å². The van der Waals surface area contributed by atoms with Gasteiger partial charge in [0.1, 0.15) is 24.6 Å². The van der Waals surface area contributed by atoms with Crippen LogP contribution in [0.2, 0.25) is 0 Å². The number of rotatable bonds is 5. The third kappa shape index (κ3) is 4.68. The summed E-state index contributed by atoms with van der Waals surface area (Å²) >= 11 is 0. The standard InChI is InChI=1S/C22H28O6/c1-6-14(4)21(24)28-20-18-15(5)22(25)27-17(18)11-13(3)9-8-10-16(12-23)19(20)26-7-2/h6,10-12,17-20H,5,7-9H2,1-4H3/b13-11+,14-6-,16-10-/t17-,18+,19?,20+/m1/s1. The summed E-state index contributed by atoms with van der Waals surface area (Å²) in [5, 5.41) is 0. The molecular weight excluding hydrogens is 360 g/mol. The molecule has 2 aliphatic rings. The number of allylic oxidation sites excluding steroid dienone is 3. The number of carbonyl (C=O) groups is 3. The molecule has 0 amide bonds. The molecule has 1 saturated heterocycles. The molecule has 2 rings (SSSR count). The topological polar surface area (TPSA) is 78.9 Å². The Morgan fingerprint density at radius 1 is 1.43 bits per heavy atom. The van der Waals surface area contributed by atoms with Gasteiger partial charge in [0, 0.05) is 23.3 Å². The summed E-state index contributed by atoms with van der Waals surface area (Å²) in [7, 11) is 0. The lowest BCUT2D eigenvalue weighted by molar-refractivity contribution is -0.156. The van der Waals surface area contributed by atoms with E-state index in [9.17, 15) is 14.4 Å². The fraction of sp³-hybridized carbons (Fsp3) is 0.500. The number of hydrogen-bond acceptors (Lipinski definition) is 6. The van der Waals surface area contributed by atoms with E-state index in [1.165, 1.54) is 0 Å². The molecule has 4 atom stereocenters. The second kappa shape index (κ2) is 9.64. The summed E-state index contributed by atoms with van der Waals surface area (Å²) in [5.41, 5.74) is 2.03. The van der Waals surface area contributed by atoms with Gasteiger partial charge in [-0.1, -0.05) is 24.3 Å². The van der Waals surface area contributed by atoms with Crippen LogP contribution in [0.4, 0.5) is 0 Å². The average molecular weight is 388 g/mol. The monoisotopic (exact) mass is 388 g/mol. The van der Waals surface area contributed by atoms with E-state index >= 15 is 0 Å². The summed E-state index contributed by atoms with van der Waals surface area (Å²) < 4.78 is 17.1. The summed E-state index contributed by atoms with van der Waals surface area (Å²) in [6.07, 6.45) is 5.00. The highest BCUT2D eigenvalue weighted by Gasteiger charge is 2.48. The number of aldehydes is 1. The number of ether oxygens (including phenoxy) is 3. The smallest absolute Gasteiger partial charge is 0.334 e. The number of carbonyl (C=O) groups excluding carboxylic acids is 3. The number of hydrogen-bond donors (Lipinski definition) is 0. The fourth-order valence-electron chi connectivity index (χ4n) is 3.41. The van der Waals surface area contributed by atoms with Gasteiger partial charge < -0.3 is 14.2 Å². The van der Waals surface area contributed by atoms with Gasteiger partial charge >= 0.3 is 11.9 Å². The largest absolute Gasteiger partial charge is 0.455 e.